The van der Waals surface area contributed by atoms with E-state index in [9.17, 15) is 0 Å². The quantitative estimate of drug-likeness (QED) is 0.563. The minimum absolute atomic E-state index is 0.0704. The standard InChI is InChI=1S/C21H25Cl2NO/c1-5-21(24(2)3,17-9-11-18(25-4)12-10-17)14-6-7-16-8-13-19(22)20(23)15-16/h6-13,15H,5,14H2,1-4H3. The van der Waals surface area contributed by atoms with Crippen LogP contribution >= 0.6 is 23.2 Å². The van der Waals surface area contributed by atoms with E-state index in [1.54, 1.807) is 7.11 Å². The number of hydrogen-bond acceptors (Lipinski definition) is 2. The number of benzene rings is 2. The Morgan fingerprint density at radius 2 is 1.72 bits per heavy atom. The van der Waals surface area contributed by atoms with Gasteiger partial charge in [-0.15, -0.1) is 0 Å². The van der Waals surface area contributed by atoms with Crippen LogP contribution < -0.4 is 4.74 Å². The number of methoxy groups -OCH3 is 1. The molecule has 2 aromatic carbocycles. The third-order valence-corrected chi connectivity index (χ3v) is 5.52. The van der Waals surface area contributed by atoms with Gasteiger partial charge in [-0.2, -0.15) is 0 Å². The predicted molar refractivity (Wildman–Crippen MR) is 109 cm³/mol. The molecule has 0 aromatic heterocycles. The van der Waals surface area contributed by atoms with Crippen molar-refractivity contribution in [1.82, 2.24) is 4.90 Å². The summed E-state index contributed by atoms with van der Waals surface area (Å²) in [7, 11) is 5.94. The van der Waals surface area contributed by atoms with Crippen LogP contribution in [0.15, 0.2) is 48.5 Å². The summed E-state index contributed by atoms with van der Waals surface area (Å²) in [6.07, 6.45) is 6.19. The highest BCUT2D eigenvalue weighted by atomic mass is 35.5. The molecule has 1 atom stereocenters. The first-order valence-electron chi connectivity index (χ1n) is 8.36. The third kappa shape index (κ3) is 4.58. The number of nitrogens with zero attached hydrogens (tertiary/aromatic N) is 1. The molecule has 0 saturated carbocycles. The van der Waals surface area contributed by atoms with Gasteiger partial charge in [0.1, 0.15) is 5.75 Å². The summed E-state index contributed by atoms with van der Waals surface area (Å²) in [5.41, 5.74) is 2.26. The fraction of sp³-hybridized carbons (Fsp3) is 0.333. The number of rotatable bonds is 7. The highest BCUT2D eigenvalue weighted by Crippen LogP contribution is 2.35. The Balaban J connectivity index is 2.27. The SMILES string of the molecule is CCC(CC=Cc1ccc(Cl)c(Cl)c1)(c1ccc(OC)cc1)N(C)C. The lowest BCUT2D eigenvalue weighted by Gasteiger charge is -2.39. The van der Waals surface area contributed by atoms with Crippen LogP contribution in [0.1, 0.15) is 30.9 Å². The topological polar surface area (TPSA) is 12.5 Å². The van der Waals surface area contributed by atoms with E-state index in [2.05, 4.69) is 50.2 Å². The maximum absolute atomic E-state index is 6.10. The molecule has 25 heavy (non-hydrogen) atoms. The molecule has 0 radical (unpaired) electrons. The Bertz CT molecular complexity index is 725. The minimum Gasteiger partial charge on any atom is -0.497 e. The lowest BCUT2D eigenvalue weighted by atomic mass is 9.82. The molecule has 1 unspecified atom stereocenters. The van der Waals surface area contributed by atoms with E-state index in [-0.39, 0.29) is 5.54 Å². The highest BCUT2D eigenvalue weighted by Gasteiger charge is 2.31. The van der Waals surface area contributed by atoms with Crippen molar-refractivity contribution in [2.45, 2.75) is 25.3 Å². The van der Waals surface area contributed by atoms with E-state index in [1.165, 1.54) is 5.56 Å². The van der Waals surface area contributed by atoms with Gasteiger partial charge < -0.3 is 4.74 Å². The molecule has 0 fully saturated rings. The molecular formula is C21H25Cl2NO. The van der Waals surface area contributed by atoms with Crippen LogP contribution in [0.4, 0.5) is 0 Å². The van der Waals surface area contributed by atoms with Gasteiger partial charge in [0.15, 0.2) is 0 Å². The Hall–Kier alpha value is -1.48. The maximum atomic E-state index is 6.10. The first-order chi connectivity index (χ1) is 11.9. The van der Waals surface area contributed by atoms with Gasteiger partial charge in [-0.05, 0) is 62.3 Å². The monoisotopic (exact) mass is 377 g/mol. The average Bonchev–Trinajstić information content (AvgIpc) is 2.62. The molecule has 134 valence electrons. The first kappa shape index (κ1) is 19.8. The summed E-state index contributed by atoms with van der Waals surface area (Å²) < 4.78 is 5.28. The van der Waals surface area contributed by atoms with E-state index in [0.717, 1.165) is 24.2 Å². The van der Waals surface area contributed by atoms with E-state index in [0.29, 0.717) is 10.0 Å². The number of halogens is 2. The molecule has 0 N–H and O–H groups in total. The van der Waals surface area contributed by atoms with Gasteiger partial charge in [0, 0.05) is 5.54 Å². The Morgan fingerprint density at radius 3 is 2.24 bits per heavy atom. The van der Waals surface area contributed by atoms with Gasteiger partial charge in [0.05, 0.1) is 17.2 Å². The molecule has 0 saturated heterocycles. The molecular weight excluding hydrogens is 353 g/mol. The van der Waals surface area contributed by atoms with Crippen molar-refractivity contribution in [2.24, 2.45) is 0 Å². The lowest BCUT2D eigenvalue weighted by Crippen LogP contribution is -2.40. The molecule has 0 amide bonds. The van der Waals surface area contributed by atoms with Gasteiger partial charge >= 0.3 is 0 Å². The van der Waals surface area contributed by atoms with Crippen molar-refractivity contribution in [3.05, 3.63) is 69.7 Å². The lowest BCUT2D eigenvalue weighted by molar-refractivity contribution is 0.147. The van der Waals surface area contributed by atoms with E-state index >= 15 is 0 Å². The van der Waals surface area contributed by atoms with Crippen molar-refractivity contribution in [3.63, 3.8) is 0 Å². The summed E-state index contributed by atoms with van der Waals surface area (Å²) in [5, 5.41) is 1.15. The van der Waals surface area contributed by atoms with E-state index in [1.807, 2.05) is 30.3 Å². The summed E-state index contributed by atoms with van der Waals surface area (Å²) in [4.78, 5) is 2.29. The van der Waals surface area contributed by atoms with Gasteiger partial charge in [-0.1, -0.05) is 60.5 Å². The van der Waals surface area contributed by atoms with Crippen LogP contribution in [0.5, 0.6) is 5.75 Å². The normalized spacial score (nSPS) is 14.0. The van der Waals surface area contributed by atoms with Crippen LogP contribution in [0.25, 0.3) is 6.08 Å². The van der Waals surface area contributed by atoms with Crippen LogP contribution in [-0.2, 0) is 5.54 Å². The summed E-state index contributed by atoms with van der Waals surface area (Å²) in [5.74, 6) is 0.874. The Morgan fingerprint density at radius 1 is 1.04 bits per heavy atom. The van der Waals surface area contributed by atoms with Gasteiger partial charge in [-0.3, -0.25) is 4.90 Å². The molecule has 2 rings (SSSR count). The van der Waals surface area contributed by atoms with Crippen molar-refractivity contribution in [2.75, 3.05) is 21.2 Å². The molecule has 0 spiro atoms. The van der Waals surface area contributed by atoms with Crippen LogP contribution in [0.3, 0.4) is 0 Å². The van der Waals surface area contributed by atoms with E-state index in [4.69, 9.17) is 27.9 Å². The fourth-order valence-electron chi connectivity index (χ4n) is 3.13. The first-order valence-corrected chi connectivity index (χ1v) is 9.12. The van der Waals surface area contributed by atoms with Crippen molar-refractivity contribution >= 4 is 29.3 Å². The maximum Gasteiger partial charge on any atom is 0.118 e. The number of hydrogen-bond donors (Lipinski definition) is 0. The summed E-state index contributed by atoms with van der Waals surface area (Å²) in [6, 6.07) is 14.0. The summed E-state index contributed by atoms with van der Waals surface area (Å²) in [6.45, 7) is 2.22. The van der Waals surface area contributed by atoms with Crippen molar-refractivity contribution in [1.29, 1.82) is 0 Å². The average molecular weight is 378 g/mol. The highest BCUT2D eigenvalue weighted by molar-refractivity contribution is 6.42. The second-order valence-electron chi connectivity index (χ2n) is 6.29. The minimum atomic E-state index is -0.0704. The zero-order chi connectivity index (χ0) is 18.4. The molecule has 0 bridgehead atoms. The van der Waals surface area contributed by atoms with Gasteiger partial charge in [-0.25, -0.2) is 0 Å². The predicted octanol–water partition coefficient (Wildman–Crippen LogP) is 6.27. The molecule has 2 nitrogen and oxygen atoms in total. The van der Waals surface area contributed by atoms with Crippen LogP contribution in [0.2, 0.25) is 10.0 Å². The van der Waals surface area contributed by atoms with Gasteiger partial charge in [0.25, 0.3) is 0 Å². The van der Waals surface area contributed by atoms with Crippen molar-refractivity contribution in [3.8, 4) is 5.75 Å². The Kier molecular flexibility index (Phi) is 6.95. The zero-order valence-corrected chi connectivity index (χ0v) is 16.7. The fourth-order valence-corrected chi connectivity index (χ4v) is 3.44. The Labute approximate surface area is 161 Å². The van der Waals surface area contributed by atoms with Crippen LogP contribution in [0, 0.1) is 0 Å². The molecule has 4 heteroatoms. The third-order valence-electron chi connectivity index (χ3n) is 4.78. The zero-order valence-electron chi connectivity index (χ0n) is 15.2. The second-order valence-corrected chi connectivity index (χ2v) is 7.10. The second kappa shape index (κ2) is 8.75. The molecule has 2 aromatic rings. The molecule has 0 aliphatic carbocycles. The van der Waals surface area contributed by atoms with Crippen molar-refractivity contribution < 1.29 is 4.74 Å². The smallest absolute Gasteiger partial charge is 0.118 e. The largest absolute Gasteiger partial charge is 0.497 e. The number of ether oxygens (including phenoxy) is 1. The van der Waals surface area contributed by atoms with Crippen LogP contribution in [-0.4, -0.2) is 26.1 Å². The molecule has 0 heterocycles. The summed E-state index contributed by atoms with van der Waals surface area (Å²) >= 11 is 12.1. The molecule has 0 aliphatic rings. The molecule has 0 aliphatic heterocycles. The van der Waals surface area contributed by atoms with Gasteiger partial charge in [0.2, 0.25) is 0 Å². The van der Waals surface area contributed by atoms with E-state index < -0.39 is 0 Å².